The highest BCUT2D eigenvalue weighted by Crippen LogP contribution is 2.17. The van der Waals surface area contributed by atoms with E-state index >= 15 is 0 Å². The van der Waals surface area contributed by atoms with Crippen molar-refractivity contribution in [2.75, 3.05) is 12.5 Å². The second-order valence-electron chi connectivity index (χ2n) is 3.58. The normalized spacial score (nSPS) is 18.1. The molecular weight excluding hydrogens is 182 g/mol. The lowest BCUT2D eigenvalue weighted by Gasteiger charge is -2.21. The zero-order valence-electron chi connectivity index (χ0n) is 8.93. The van der Waals surface area contributed by atoms with Crippen molar-refractivity contribution < 1.29 is 4.79 Å². The first kappa shape index (κ1) is 12.8. The molecule has 1 amide bonds. The van der Waals surface area contributed by atoms with Crippen LogP contribution in [0.2, 0.25) is 0 Å². The number of hydrogen-bond acceptors (Lipinski definition) is 1. The van der Waals surface area contributed by atoms with Crippen molar-refractivity contribution >= 4 is 16.1 Å². The van der Waals surface area contributed by atoms with Gasteiger partial charge in [-0.2, -0.15) is 0 Å². The standard InChI is InChI=1S/C9H17NOS.CH3/c1-12(2)9(11)10-8-6-4-3-5-7-8;/h8H,3-7H2,1-2H3;1H3/q;-1/p+1. The summed E-state index contributed by atoms with van der Waals surface area (Å²) < 4.78 is 0. The minimum atomic E-state index is -0.112. The third-order valence-electron chi connectivity index (χ3n) is 2.30. The Hall–Kier alpha value is -0.180. The molecule has 0 bridgehead atoms. The number of rotatable bonds is 1. The largest absolute Gasteiger partial charge is 0.428 e. The van der Waals surface area contributed by atoms with Crippen LogP contribution in [0.1, 0.15) is 32.1 Å². The summed E-state index contributed by atoms with van der Waals surface area (Å²) in [6.45, 7) is 0. The van der Waals surface area contributed by atoms with E-state index in [1.165, 1.54) is 32.1 Å². The number of nitrogens with one attached hydrogen (secondary N) is 1. The molecule has 0 aromatic rings. The summed E-state index contributed by atoms with van der Waals surface area (Å²) in [6, 6.07) is 0.473. The van der Waals surface area contributed by atoms with Crippen molar-refractivity contribution in [2.45, 2.75) is 38.1 Å². The van der Waals surface area contributed by atoms with Crippen LogP contribution in [0, 0.1) is 7.43 Å². The molecule has 0 aliphatic heterocycles. The monoisotopic (exact) mass is 203 g/mol. The van der Waals surface area contributed by atoms with Crippen LogP contribution in [0.5, 0.6) is 0 Å². The van der Waals surface area contributed by atoms with E-state index < -0.39 is 0 Å². The van der Waals surface area contributed by atoms with E-state index in [0.717, 1.165) is 0 Å². The van der Waals surface area contributed by atoms with Crippen LogP contribution in [-0.2, 0) is 10.9 Å². The Morgan fingerprint density at radius 1 is 1.23 bits per heavy atom. The lowest BCUT2D eigenvalue weighted by molar-refractivity contribution is 0.252. The predicted octanol–water partition coefficient (Wildman–Crippen LogP) is 2.36. The average Bonchev–Trinajstić information content (AvgIpc) is 2.06. The van der Waals surface area contributed by atoms with Crippen LogP contribution in [0.15, 0.2) is 0 Å². The Bertz CT molecular complexity index is 153. The quantitative estimate of drug-likeness (QED) is 0.514. The molecule has 0 saturated heterocycles. The molecule has 1 fully saturated rings. The topological polar surface area (TPSA) is 29.1 Å². The van der Waals surface area contributed by atoms with Crippen molar-refractivity contribution in [2.24, 2.45) is 0 Å². The van der Waals surface area contributed by atoms with Crippen molar-refractivity contribution in [3.05, 3.63) is 7.43 Å². The van der Waals surface area contributed by atoms with E-state index in [9.17, 15) is 4.79 Å². The number of carbonyl (C=O) groups excluding carboxylic acids is 1. The SMILES string of the molecule is C[S+](C)C(=O)NC1CCCCC1.[CH3-]. The molecule has 3 heteroatoms. The van der Waals surface area contributed by atoms with Crippen LogP contribution in [0.3, 0.4) is 0 Å². The maximum atomic E-state index is 11.3. The third kappa shape index (κ3) is 4.55. The van der Waals surface area contributed by atoms with Crippen LogP contribution in [0.4, 0.5) is 4.79 Å². The summed E-state index contributed by atoms with van der Waals surface area (Å²) in [5, 5.41) is 3.33. The smallest absolute Gasteiger partial charge is 0.358 e. The van der Waals surface area contributed by atoms with Gasteiger partial charge in [0.15, 0.2) is 0 Å². The summed E-state index contributed by atoms with van der Waals surface area (Å²) in [7, 11) is -0.112. The average molecular weight is 203 g/mol. The molecule has 1 aliphatic carbocycles. The zero-order chi connectivity index (χ0) is 8.97. The molecule has 1 rings (SSSR count). The van der Waals surface area contributed by atoms with Gasteiger partial charge < -0.3 is 12.7 Å². The minimum absolute atomic E-state index is 0. The highest BCUT2D eigenvalue weighted by atomic mass is 32.2. The first-order chi connectivity index (χ1) is 5.70. The Kier molecular flexibility index (Phi) is 6.21. The van der Waals surface area contributed by atoms with Gasteiger partial charge in [0, 0.05) is 6.04 Å². The molecule has 1 aliphatic rings. The Balaban J connectivity index is 0.00000144. The van der Waals surface area contributed by atoms with Gasteiger partial charge >= 0.3 is 5.24 Å². The molecule has 0 atom stereocenters. The lowest BCUT2D eigenvalue weighted by atomic mass is 9.96. The van der Waals surface area contributed by atoms with Gasteiger partial charge in [-0.05, 0) is 12.8 Å². The van der Waals surface area contributed by atoms with Crippen LogP contribution in [0.25, 0.3) is 0 Å². The molecule has 1 N–H and O–H groups in total. The van der Waals surface area contributed by atoms with E-state index in [1.54, 1.807) is 0 Å². The molecule has 78 valence electrons. The van der Waals surface area contributed by atoms with Crippen molar-refractivity contribution in [3.63, 3.8) is 0 Å². The molecule has 0 unspecified atom stereocenters. The van der Waals surface area contributed by atoms with Gasteiger partial charge in [0.25, 0.3) is 0 Å². The van der Waals surface area contributed by atoms with E-state index in [0.29, 0.717) is 6.04 Å². The summed E-state index contributed by atoms with van der Waals surface area (Å²) in [5.74, 6) is 0. The Morgan fingerprint density at radius 3 is 2.23 bits per heavy atom. The zero-order valence-corrected chi connectivity index (χ0v) is 9.75. The molecule has 0 aromatic heterocycles. The summed E-state index contributed by atoms with van der Waals surface area (Å²) in [4.78, 5) is 11.3. The predicted molar refractivity (Wildman–Crippen MR) is 61.0 cm³/mol. The van der Waals surface area contributed by atoms with Crippen LogP contribution in [-0.4, -0.2) is 23.8 Å². The van der Waals surface area contributed by atoms with Gasteiger partial charge in [0.05, 0.1) is 10.9 Å². The highest BCUT2D eigenvalue weighted by Gasteiger charge is 2.22. The van der Waals surface area contributed by atoms with Gasteiger partial charge in [-0.15, -0.1) is 0 Å². The van der Waals surface area contributed by atoms with E-state index in [4.69, 9.17) is 0 Å². The fraction of sp³-hybridized carbons (Fsp3) is 0.800. The number of hydrogen-bond donors (Lipinski definition) is 1. The summed E-state index contributed by atoms with van der Waals surface area (Å²) in [5.41, 5.74) is 0. The van der Waals surface area contributed by atoms with E-state index in [1.807, 2.05) is 12.5 Å². The fourth-order valence-electron chi connectivity index (χ4n) is 1.53. The number of amides is 1. The lowest BCUT2D eigenvalue weighted by Crippen LogP contribution is -2.38. The highest BCUT2D eigenvalue weighted by molar-refractivity contribution is 8.09. The van der Waals surface area contributed by atoms with Gasteiger partial charge in [0.2, 0.25) is 0 Å². The van der Waals surface area contributed by atoms with Gasteiger partial charge in [-0.1, -0.05) is 19.3 Å². The maximum absolute atomic E-state index is 11.3. The minimum Gasteiger partial charge on any atom is -0.358 e. The first-order valence-corrected chi connectivity index (χ1v) is 6.62. The molecule has 2 nitrogen and oxygen atoms in total. The van der Waals surface area contributed by atoms with E-state index in [2.05, 4.69) is 5.32 Å². The van der Waals surface area contributed by atoms with Crippen molar-refractivity contribution in [1.29, 1.82) is 0 Å². The van der Waals surface area contributed by atoms with Crippen molar-refractivity contribution in [3.8, 4) is 0 Å². The van der Waals surface area contributed by atoms with Crippen molar-refractivity contribution in [1.82, 2.24) is 5.32 Å². The Labute approximate surface area is 84.8 Å². The summed E-state index contributed by atoms with van der Waals surface area (Å²) >= 11 is 0. The molecule has 0 heterocycles. The second kappa shape index (κ2) is 6.30. The molecule has 0 aromatic carbocycles. The second-order valence-corrected chi connectivity index (χ2v) is 5.59. The molecule has 0 radical (unpaired) electrons. The number of carbonyl (C=O) groups is 1. The maximum Gasteiger partial charge on any atom is 0.428 e. The van der Waals surface area contributed by atoms with Gasteiger partial charge in [-0.25, -0.2) is 4.79 Å². The Morgan fingerprint density at radius 2 is 1.77 bits per heavy atom. The molecular formula is C10H21NOS. The van der Waals surface area contributed by atoms with Gasteiger partial charge in [0.1, 0.15) is 12.5 Å². The third-order valence-corrected chi connectivity index (χ3v) is 3.16. The fourth-order valence-corrected chi connectivity index (χ4v) is 1.93. The molecule has 0 spiro atoms. The first-order valence-electron chi connectivity index (χ1n) is 4.58. The molecule has 13 heavy (non-hydrogen) atoms. The molecule has 1 saturated carbocycles. The van der Waals surface area contributed by atoms with Crippen LogP contribution >= 0.6 is 0 Å². The van der Waals surface area contributed by atoms with E-state index in [-0.39, 0.29) is 23.6 Å². The van der Waals surface area contributed by atoms with Crippen LogP contribution < -0.4 is 5.32 Å². The van der Waals surface area contributed by atoms with Gasteiger partial charge in [-0.3, -0.25) is 0 Å². The summed E-state index contributed by atoms with van der Waals surface area (Å²) in [6.07, 6.45) is 10.2.